The molecule has 0 atom stereocenters. The van der Waals surface area contributed by atoms with Gasteiger partial charge in [-0.2, -0.15) is 0 Å². The molecule has 1 heterocycles. The van der Waals surface area contributed by atoms with Crippen LogP contribution < -0.4 is 14.2 Å². The third kappa shape index (κ3) is 6.36. The second kappa shape index (κ2) is 11.4. The number of ether oxygens (including phenoxy) is 3. The summed E-state index contributed by atoms with van der Waals surface area (Å²) in [6.45, 7) is 4.16. The zero-order valence-corrected chi connectivity index (χ0v) is 17.9. The van der Waals surface area contributed by atoms with Crippen LogP contribution in [0.1, 0.15) is 41.6 Å². The Hall–Kier alpha value is -2.79. The molecule has 0 amide bonds. The summed E-state index contributed by atoms with van der Waals surface area (Å²) < 4.78 is 16.5. The van der Waals surface area contributed by atoms with Crippen LogP contribution in [-0.2, 0) is 0 Å². The topological polar surface area (TPSA) is 48.0 Å². The van der Waals surface area contributed by atoms with Gasteiger partial charge in [-0.25, -0.2) is 0 Å². The van der Waals surface area contributed by atoms with Crippen molar-refractivity contribution in [3.63, 3.8) is 0 Å². The van der Waals surface area contributed by atoms with Crippen molar-refractivity contribution in [1.29, 1.82) is 0 Å². The summed E-state index contributed by atoms with van der Waals surface area (Å²) in [5.74, 6) is 2.07. The van der Waals surface area contributed by atoms with E-state index in [-0.39, 0.29) is 5.78 Å². The number of ketones is 1. The Morgan fingerprint density at radius 2 is 1.73 bits per heavy atom. The minimum absolute atomic E-state index is 0.0605. The number of hydrogen-bond donors (Lipinski definition) is 0. The molecule has 0 aliphatic carbocycles. The number of hydrogen-bond acceptors (Lipinski definition) is 5. The van der Waals surface area contributed by atoms with Gasteiger partial charge in [-0.3, -0.25) is 4.79 Å². The standard InChI is InChI=1S/C25H31NO4/c1-28-22-11-9-21(10-12-22)23(27)13-7-20-8-14-24(25(19-20)29-2)30-18-6-17-26-15-4-3-5-16-26/h7-14,19H,3-6,15-18H2,1-2H3/b13-7+. The van der Waals surface area contributed by atoms with Gasteiger partial charge in [-0.1, -0.05) is 18.6 Å². The van der Waals surface area contributed by atoms with Crippen molar-refractivity contribution in [3.05, 3.63) is 59.7 Å². The average molecular weight is 410 g/mol. The van der Waals surface area contributed by atoms with Crippen LogP contribution in [0.3, 0.4) is 0 Å². The van der Waals surface area contributed by atoms with E-state index in [0.29, 0.717) is 17.9 Å². The number of benzene rings is 2. The summed E-state index contributed by atoms with van der Waals surface area (Å²) in [4.78, 5) is 14.9. The van der Waals surface area contributed by atoms with E-state index < -0.39 is 0 Å². The molecule has 1 aliphatic heterocycles. The van der Waals surface area contributed by atoms with Gasteiger partial charge in [0.2, 0.25) is 0 Å². The molecule has 160 valence electrons. The Bertz CT molecular complexity index is 839. The van der Waals surface area contributed by atoms with Crippen molar-refractivity contribution >= 4 is 11.9 Å². The Balaban J connectivity index is 1.53. The maximum Gasteiger partial charge on any atom is 0.185 e. The highest BCUT2D eigenvalue weighted by molar-refractivity contribution is 6.06. The third-order valence-corrected chi connectivity index (χ3v) is 5.31. The predicted octanol–water partition coefficient (Wildman–Crippen LogP) is 4.85. The largest absolute Gasteiger partial charge is 0.497 e. The highest BCUT2D eigenvalue weighted by Crippen LogP contribution is 2.29. The second-order valence-electron chi connectivity index (χ2n) is 7.44. The van der Waals surface area contributed by atoms with Crippen LogP contribution in [0.15, 0.2) is 48.5 Å². The number of allylic oxidation sites excluding steroid dienone is 1. The van der Waals surface area contributed by atoms with Crippen molar-refractivity contribution in [3.8, 4) is 17.2 Å². The summed E-state index contributed by atoms with van der Waals surface area (Å²) in [5, 5.41) is 0. The number of methoxy groups -OCH3 is 2. The molecular weight excluding hydrogens is 378 g/mol. The first-order valence-corrected chi connectivity index (χ1v) is 10.6. The smallest absolute Gasteiger partial charge is 0.185 e. The fraction of sp³-hybridized carbons (Fsp3) is 0.400. The van der Waals surface area contributed by atoms with E-state index in [4.69, 9.17) is 14.2 Å². The molecule has 0 bridgehead atoms. The minimum atomic E-state index is -0.0605. The molecule has 0 aromatic heterocycles. The van der Waals surface area contributed by atoms with Crippen molar-refractivity contribution in [2.75, 3.05) is 40.5 Å². The van der Waals surface area contributed by atoms with E-state index in [0.717, 1.165) is 30.0 Å². The second-order valence-corrected chi connectivity index (χ2v) is 7.44. The van der Waals surface area contributed by atoms with E-state index in [9.17, 15) is 4.79 Å². The molecule has 5 heteroatoms. The summed E-state index contributed by atoms with van der Waals surface area (Å²) in [6.07, 6.45) is 8.33. The highest BCUT2D eigenvalue weighted by atomic mass is 16.5. The summed E-state index contributed by atoms with van der Waals surface area (Å²) in [5.41, 5.74) is 1.50. The molecule has 2 aromatic carbocycles. The molecule has 1 fully saturated rings. The SMILES string of the molecule is COc1ccc(C(=O)/C=C/c2ccc(OCCCN3CCCCC3)c(OC)c2)cc1. The van der Waals surface area contributed by atoms with Gasteiger partial charge in [0.1, 0.15) is 5.75 Å². The molecule has 2 aromatic rings. The lowest BCUT2D eigenvalue weighted by atomic mass is 10.1. The van der Waals surface area contributed by atoms with Gasteiger partial charge in [0, 0.05) is 12.1 Å². The molecule has 0 unspecified atom stereocenters. The van der Waals surface area contributed by atoms with Crippen LogP contribution in [0.2, 0.25) is 0 Å². The zero-order chi connectivity index (χ0) is 21.2. The molecule has 5 nitrogen and oxygen atoms in total. The lowest BCUT2D eigenvalue weighted by Gasteiger charge is -2.26. The first-order valence-electron chi connectivity index (χ1n) is 10.6. The van der Waals surface area contributed by atoms with Crippen LogP contribution in [-0.4, -0.2) is 51.1 Å². The highest BCUT2D eigenvalue weighted by Gasteiger charge is 2.10. The van der Waals surface area contributed by atoms with Gasteiger partial charge < -0.3 is 19.1 Å². The van der Waals surface area contributed by atoms with E-state index >= 15 is 0 Å². The lowest BCUT2D eigenvalue weighted by molar-refractivity contribution is 0.104. The van der Waals surface area contributed by atoms with Gasteiger partial charge in [-0.15, -0.1) is 0 Å². The van der Waals surface area contributed by atoms with Crippen molar-refractivity contribution in [2.24, 2.45) is 0 Å². The average Bonchev–Trinajstić information content (AvgIpc) is 2.81. The first kappa shape index (κ1) is 21.9. The van der Waals surface area contributed by atoms with Crippen LogP contribution in [0.5, 0.6) is 17.2 Å². The Labute approximate surface area is 179 Å². The summed E-state index contributed by atoms with van der Waals surface area (Å²) in [7, 11) is 3.23. The van der Waals surface area contributed by atoms with Gasteiger partial charge in [-0.05, 0) is 80.4 Å². The summed E-state index contributed by atoms with van der Waals surface area (Å²) >= 11 is 0. The lowest BCUT2D eigenvalue weighted by Crippen LogP contribution is -2.31. The maximum atomic E-state index is 12.4. The quantitative estimate of drug-likeness (QED) is 0.319. The van der Waals surface area contributed by atoms with Crippen molar-refractivity contribution in [1.82, 2.24) is 4.90 Å². The Morgan fingerprint density at radius 1 is 0.967 bits per heavy atom. The number of piperidine rings is 1. The van der Waals surface area contributed by atoms with Crippen LogP contribution in [0.4, 0.5) is 0 Å². The van der Waals surface area contributed by atoms with Crippen molar-refractivity contribution in [2.45, 2.75) is 25.7 Å². The zero-order valence-electron chi connectivity index (χ0n) is 17.9. The normalized spacial score (nSPS) is 14.6. The first-order chi connectivity index (χ1) is 14.7. The van der Waals surface area contributed by atoms with E-state index in [1.165, 1.54) is 32.4 Å². The van der Waals surface area contributed by atoms with Crippen molar-refractivity contribution < 1.29 is 19.0 Å². The van der Waals surface area contributed by atoms with E-state index in [2.05, 4.69) is 4.90 Å². The van der Waals surface area contributed by atoms with E-state index in [1.54, 1.807) is 50.6 Å². The Kier molecular flexibility index (Phi) is 8.33. The van der Waals surface area contributed by atoms with Gasteiger partial charge in [0.25, 0.3) is 0 Å². The molecule has 3 rings (SSSR count). The maximum absolute atomic E-state index is 12.4. The number of carbonyl (C=O) groups excluding carboxylic acids is 1. The molecule has 0 radical (unpaired) electrons. The van der Waals surface area contributed by atoms with Gasteiger partial charge in [0.05, 0.1) is 20.8 Å². The van der Waals surface area contributed by atoms with Gasteiger partial charge in [0.15, 0.2) is 17.3 Å². The number of likely N-dealkylation sites (tertiary alicyclic amines) is 1. The summed E-state index contributed by atoms with van der Waals surface area (Å²) in [6, 6.07) is 12.8. The molecule has 0 saturated carbocycles. The predicted molar refractivity (Wildman–Crippen MR) is 120 cm³/mol. The molecule has 1 aliphatic rings. The molecule has 1 saturated heterocycles. The number of carbonyl (C=O) groups is 1. The van der Waals surface area contributed by atoms with Crippen LogP contribution in [0, 0.1) is 0 Å². The molecule has 30 heavy (non-hydrogen) atoms. The monoisotopic (exact) mass is 409 g/mol. The van der Waals surface area contributed by atoms with E-state index in [1.807, 2.05) is 18.2 Å². The minimum Gasteiger partial charge on any atom is -0.497 e. The number of nitrogens with zero attached hydrogens (tertiary/aromatic N) is 1. The molecular formula is C25H31NO4. The molecule has 0 N–H and O–H groups in total. The van der Waals surface area contributed by atoms with Gasteiger partial charge >= 0.3 is 0 Å². The fourth-order valence-electron chi connectivity index (χ4n) is 3.58. The van der Waals surface area contributed by atoms with Crippen LogP contribution >= 0.6 is 0 Å². The Morgan fingerprint density at radius 3 is 2.43 bits per heavy atom. The third-order valence-electron chi connectivity index (χ3n) is 5.31. The number of rotatable bonds is 10. The molecule has 0 spiro atoms. The fourth-order valence-corrected chi connectivity index (χ4v) is 3.58. The van der Waals surface area contributed by atoms with Crippen LogP contribution in [0.25, 0.3) is 6.08 Å².